The van der Waals surface area contributed by atoms with E-state index in [9.17, 15) is 9.90 Å². The summed E-state index contributed by atoms with van der Waals surface area (Å²) in [6, 6.07) is 1.76. The van der Waals surface area contributed by atoms with Gasteiger partial charge in [-0.2, -0.15) is 0 Å². The fourth-order valence-electron chi connectivity index (χ4n) is 3.44. The van der Waals surface area contributed by atoms with E-state index in [-0.39, 0.29) is 18.9 Å². The van der Waals surface area contributed by atoms with Crippen molar-refractivity contribution in [3.05, 3.63) is 35.5 Å². The second-order valence-electron chi connectivity index (χ2n) is 7.03. The number of piperidine rings is 1. The minimum absolute atomic E-state index is 0.0686. The molecule has 8 nitrogen and oxygen atoms in total. The summed E-state index contributed by atoms with van der Waals surface area (Å²) in [5, 5.41) is 14.9. The van der Waals surface area contributed by atoms with Gasteiger partial charge >= 0.3 is 0 Å². The molecule has 0 aliphatic carbocycles. The highest BCUT2D eigenvalue weighted by molar-refractivity contribution is 5.79. The molecule has 1 aliphatic rings. The first-order valence-corrected chi connectivity index (χ1v) is 8.78. The molecule has 0 spiro atoms. The second kappa shape index (κ2) is 7.41. The van der Waals surface area contributed by atoms with Gasteiger partial charge < -0.3 is 19.4 Å². The van der Waals surface area contributed by atoms with E-state index in [0.717, 1.165) is 24.2 Å². The van der Waals surface area contributed by atoms with Crippen LogP contribution in [0.3, 0.4) is 0 Å². The molecule has 1 amide bonds. The number of hydrogen-bond donors (Lipinski definition) is 1. The summed E-state index contributed by atoms with van der Waals surface area (Å²) >= 11 is 0. The molecule has 8 heteroatoms. The van der Waals surface area contributed by atoms with Crippen molar-refractivity contribution in [3.63, 3.8) is 0 Å². The van der Waals surface area contributed by atoms with Crippen molar-refractivity contribution >= 4 is 11.9 Å². The Morgan fingerprint density at radius 1 is 1.38 bits per heavy atom. The third-order valence-corrected chi connectivity index (χ3v) is 4.86. The van der Waals surface area contributed by atoms with Crippen LogP contribution in [0.5, 0.6) is 0 Å². The van der Waals surface area contributed by atoms with Crippen molar-refractivity contribution in [2.75, 3.05) is 31.6 Å². The van der Waals surface area contributed by atoms with E-state index in [4.69, 9.17) is 4.52 Å². The molecular weight excluding hydrogens is 334 g/mol. The SMILES string of the molecule is Cc1noc(C)c1CC(=O)N(C)C[C@]1(O)CCCN(c2ncccn2)C1. The van der Waals surface area contributed by atoms with Gasteiger partial charge in [0.05, 0.1) is 30.8 Å². The first-order valence-electron chi connectivity index (χ1n) is 8.78. The summed E-state index contributed by atoms with van der Waals surface area (Å²) < 4.78 is 5.12. The van der Waals surface area contributed by atoms with Crippen molar-refractivity contribution in [1.29, 1.82) is 0 Å². The fraction of sp³-hybridized carbons (Fsp3) is 0.556. The molecule has 1 aliphatic heterocycles. The monoisotopic (exact) mass is 359 g/mol. The summed E-state index contributed by atoms with van der Waals surface area (Å²) in [7, 11) is 1.72. The molecule has 1 saturated heterocycles. The highest BCUT2D eigenvalue weighted by atomic mass is 16.5. The fourth-order valence-corrected chi connectivity index (χ4v) is 3.44. The molecule has 1 N–H and O–H groups in total. The molecule has 140 valence electrons. The Labute approximate surface area is 152 Å². The van der Waals surface area contributed by atoms with Gasteiger partial charge in [0.25, 0.3) is 0 Å². The second-order valence-corrected chi connectivity index (χ2v) is 7.03. The summed E-state index contributed by atoms with van der Waals surface area (Å²) in [6.45, 7) is 5.09. The van der Waals surface area contributed by atoms with Crippen LogP contribution in [0.2, 0.25) is 0 Å². The number of carbonyl (C=O) groups is 1. The summed E-state index contributed by atoms with van der Waals surface area (Å²) in [6.07, 6.45) is 5.06. The van der Waals surface area contributed by atoms with E-state index in [1.807, 2.05) is 11.8 Å². The Balaban J connectivity index is 1.64. The average molecular weight is 359 g/mol. The zero-order valence-corrected chi connectivity index (χ0v) is 15.5. The molecule has 0 aromatic carbocycles. The highest BCUT2D eigenvalue weighted by Crippen LogP contribution is 2.25. The van der Waals surface area contributed by atoms with E-state index >= 15 is 0 Å². The van der Waals surface area contributed by atoms with Gasteiger partial charge in [-0.05, 0) is 32.8 Å². The van der Waals surface area contributed by atoms with Crippen LogP contribution in [0.15, 0.2) is 23.0 Å². The standard InChI is InChI=1S/C18H25N5O3/c1-13-15(14(2)26-21-13)10-16(24)22(3)11-18(25)6-4-9-23(12-18)17-19-7-5-8-20-17/h5,7-8,25H,4,6,9-12H2,1-3H3/t18-/m1/s1. The molecular formula is C18H25N5O3. The van der Waals surface area contributed by atoms with Crippen LogP contribution in [-0.4, -0.2) is 63.3 Å². The third kappa shape index (κ3) is 4.01. The maximum Gasteiger partial charge on any atom is 0.227 e. The predicted octanol–water partition coefficient (Wildman–Crippen LogP) is 1.11. The lowest BCUT2D eigenvalue weighted by atomic mass is 9.92. The van der Waals surface area contributed by atoms with Gasteiger partial charge in [-0.3, -0.25) is 4.79 Å². The average Bonchev–Trinajstić information content (AvgIpc) is 2.94. The Kier molecular flexibility index (Phi) is 5.22. The van der Waals surface area contributed by atoms with Gasteiger partial charge in [-0.25, -0.2) is 9.97 Å². The van der Waals surface area contributed by atoms with Crippen LogP contribution < -0.4 is 4.90 Å². The maximum absolute atomic E-state index is 12.6. The van der Waals surface area contributed by atoms with Gasteiger partial charge in [-0.15, -0.1) is 0 Å². The number of nitrogens with zero attached hydrogens (tertiary/aromatic N) is 5. The van der Waals surface area contributed by atoms with E-state index in [1.54, 1.807) is 37.3 Å². The Bertz CT molecular complexity index is 744. The molecule has 0 saturated carbocycles. The van der Waals surface area contributed by atoms with Crippen molar-refractivity contribution in [2.24, 2.45) is 0 Å². The van der Waals surface area contributed by atoms with Crippen LogP contribution in [0.4, 0.5) is 5.95 Å². The van der Waals surface area contributed by atoms with E-state index < -0.39 is 5.60 Å². The number of aryl methyl sites for hydroxylation is 2. The van der Waals surface area contributed by atoms with Gasteiger partial charge in [0.2, 0.25) is 11.9 Å². The normalized spacial score (nSPS) is 20.2. The van der Waals surface area contributed by atoms with E-state index in [0.29, 0.717) is 24.7 Å². The molecule has 0 radical (unpaired) electrons. The molecule has 2 aromatic rings. The van der Waals surface area contributed by atoms with E-state index in [1.165, 1.54) is 0 Å². The van der Waals surface area contributed by atoms with Crippen LogP contribution in [-0.2, 0) is 11.2 Å². The molecule has 1 atom stereocenters. The van der Waals surface area contributed by atoms with Crippen molar-refractivity contribution in [2.45, 2.75) is 38.7 Å². The molecule has 2 aromatic heterocycles. The number of carbonyl (C=O) groups excluding carboxylic acids is 1. The largest absolute Gasteiger partial charge is 0.386 e. The van der Waals surface area contributed by atoms with Crippen LogP contribution in [0, 0.1) is 13.8 Å². The van der Waals surface area contributed by atoms with Gasteiger partial charge in [-0.1, -0.05) is 5.16 Å². The number of rotatable bonds is 5. The molecule has 3 heterocycles. The topological polar surface area (TPSA) is 95.6 Å². The first kappa shape index (κ1) is 18.3. The molecule has 0 unspecified atom stereocenters. The number of hydrogen-bond acceptors (Lipinski definition) is 7. The maximum atomic E-state index is 12.6. The predicted molar refractivity (Wildman–Crippen MR) is 95.7 cm³/mol. The number of likely N-dealkylation sites (N-methyl/N-ethyl adjacent to an activating group) is 1. The number of aliphatic hydroxyl groups is 1. The number of aromatic nitrogens is 3. The van der Waals surface area contributed by atoms with Crippen LogP contribution >= 0.6 is 0 Å². The van der Waals surface area contributed by atoms with Crippen molar-refractivity contribution in [3.8, 4) is 0 Å². The number of amides is 1. The molecule has 1 fully saturated rings. The lowest BCUT2D eigenvalue weighted by Gasteiger charge is -2.41. The summed E-state index contributed by atoms with van der Waals surface area (Å²) in [4.78, 5) is 24.7. The minimum Gasteiger partial charge on any atom is -0.386 e. The summed E-state index contributed by atoms with van der Waals surface area (Å²) in [5.74, 6) is 1.20. The summed E-state index contributed by atoms with van der Waals surface area (Å²) in [5.41, 5.74) is 0.561. The highest BCUT2D eigenvalue weighted by Gasteiger charge is 2.36. The van der Waals surface area contributed by atoms with Gasteiger partial charge in [0.1, 0.15) is 5.76 Å². The van der Waals surface area contributed by atoms with Gasteiger partial charge in [0, 0.05) is 31.5 Å². The minimum atomic E-state index is -0.986. The Hall–Kier alpha value is -2.48. The Morgan fingerprint density at radius 2 is 2.12 bits per heavy atom. The number of β-amino-alcohol motifs (C(OH)–C–C–N with tert-alkyl or cyclic N) is 1. The van der Waals surface area contributed by atoms with E-state index in [2.05, 4.69) is 15.1 Å². The lowest BCUT2D eigenvalue weighted by molar-refractivity contribution is -0.132. The lowest BCUT2D eigenvalue weighted by Crippen LogP contribution is -2.55. The third-order valence-electron chi connectivity index (χ3n) is 4.86. The smallest absolute Gasteiger partial charge is 0.227 e. The van der Waals surface area contributed by atoms with Crippen molar-refractivity contribution < 1.29 is 14.4 Å². The number of anilines is 1. The van der Waals surface area contributed by atoms with Crippen LogP contribution in [0.25, 0.3) is 0 Å². The zero-order chi connectivity index (χ0) is 18.7. The van der Waals surface area contributed by atoms with Crippen molar-refractivity contribution in [1.82, 2.24) is 20.0 Å². The molecule has 26 heavy (non-hydrogen) atoms. The van der Waals surface area contributed by atoms with Crippen LogP contribution in [0.1, 0.15) is 29.9 Å². The Morgan fingerprint density at radius 3 is 2.77 bits per heavy atom. The zero-order valence-electron chi connectivity index (χ0n) is 15.5. The molecule has 3 rings (SSSR count). The molecule has 0 bridgehead atoms. The first-order chi connectivity index (χ1) is 12.4. The van der Waals surface area contributed by atoms with Gasteiger partial charge in [0.15, 0.2) is 0 Å². The quantitative estimate of drug-likeness (QED) is 0.854.